The minimum Gasteiger partial charge on any atom is -0.354 e. The smallest absolute Gasteiger partial charge is 0.0623 e. The van der Waals surface area contributed by atoms with Crippen molar-refractivity contribution in [3.05, 3.63) is 65.9 Å². The molecule has 104 valence electrons. The number of hydrogen-bond donors (Lipinski definition) is 2. The number of allylic oxidation sites excluding steroid dienone is 1. The number of benzene rings is 2. The molecule has 0 saturated carbocycles. The van der Waals surface area contributed by atoms with E-state index in [1.807, 2.05) is 0 Å². The fourth-order valence-electron chi connectivity index (χ4n) is 3.20. The second-order valence-electron chi connectivity index (χ2n) is 5.71. The third kappa shape index (κ3) is 2.04. The van der Waals surface area contributed by atoms with Gasteiger partial charge in [-0.25, -0.2) is 0 Å². The van der Waals surface area contributed by atoms with E-state index in [0.717, 1.165) is 17.5 Å². The van der Waals surface area contributed by atoms with E-state index >= 15 is 0 Å². The van der Waals surface area contributed by atoms with Gasteiger partial charge in [0.25, 0.3) is 0 Å². The highest BCUT2D eigenvalue weighted by molar-refractivity contribution is 5.88. The predicted molar refractivity (Wildman–Crippen MR) is 89.8 cm³/mol. The van der Waals surface area contributed by atoms with Crippen LogP contribution >= 0.6 is 0 Å². The van der Waals surface area contributed by atoms with Crippen LogP contribution in [-0.2, 0) is 0 Å². The number of aromatic nitrogens is 2. The number of hydrogen-bond acceptors (Lipinski definition) is 0. The van der Waals surface area contributed by atoms with Crippen molar-refractivity contribution in [1.82, 2.24) is 9.97 Å². The van der Waals surface area contributed by atoms with Gasteiger partial charge in [0.2, 0.25) is 0 Å². The zero-order valence-electron chi connectivity index (χ0n) is 12.1. The number of nitrogens with one attached hydrogen (secondary N) is 2. The van der Waals surface area contributed by atoms with Crippen LogP contribution in [0.15, 0.2) is 54.6 Å². The standard InChI is InChI=1S/C19H18N2/c1-13-7-6-12-18-19(13)14-8-2-3-9-15(14)20-16-10-4-5-11-17(16)21-18/h2-6,8-13,20-21H,7H2,1H3. The zero-order valence-corrected chi connectivity index (χ0v) is 12.1. The van der Waals surface area contributed by atoms with Gasteiger partial charge >= 0.3 is 0 Å². The summed E-state index contributed by atoms with van der Waals surface area (Å²) in [7, 11) is 0. The lowest BCUT2D eigenvalue weighted by Crippen LogP contribution is -2.02. The van der Waals surface area contributed by atoms with Gasteiger partial charge in [0, 0.05) is 16.6 Å². The number of rotatable bonds is 0. The van der Waals surface area contributed by atoms with Gasteiger partial charge in [-0.15, -0.1) is 0 Å². The molecule has 1 unspecified atom stereocenters. The Morgan fingerprint density at radius 1 is 0.857 bits per heavy atom. The third-order valence-electron chi connectivity index (χ3n) is 4.24. The summed E-state index contributed by atoms with van der Waals surface area (Å²) in [5, 5.41) is 1.30. The summed E-state index contributed by atoms with van der Waals surface area (Å²) in [5.41, 5.74) is 6.03. The number of H-pyrrole nitrogens is 2. The van der Waals surface area contributed by atoms with E-state index in [1.165, 1.54) is 22.2 Å². The molecule has 0 saturated heterocycles. The minimum atomic E-state index is 0.519. The van der Waals surface area contributed by atoms with Crippen molar-refractivity contribution < 1.29 is 0 Å². The number of fused-ring (bicyclic) bond motifs is 4. The lowest BCUT2D eigenvalue weighted by Gasteiger charge is -2.19. The molecule has 0 fully saturated rings. The van der Waals surface area contributed by atoms with Crippen LogP contribution in [0.25, 0.3) is 28.0 Å². The predicted octanol–water partition coefficient (Wildman–Crippen LogP) is 5.29. The third-order valence-corrected chi connectivity index (χ3v) is 4.24. The fourth-order valence-corrected chi connectivity index (χ4v) is 3.20. The molecule has 2 aromatic carbocycles. The SMILES string of the molecule is CC1CC=Cc2[nH]c3ccccc3[nH]c3ccccc3c21. The average molecular weight is 274 g/mol. The van der Waals surface area contributed by atoms with Gasteiger partial charge in [0.1, 0.15) is 0 Å². The van der Waals surface area contributed by atoms with Crippen molar-refractivity contribution in [3.8, 4) is 0 Å². The van der Waals surface area contributed by atoms with Crippen LogP contribution in [0.3, 0.4) is 0 Å². The first-order valence-corrected chi connectivity index (χ1v) is 7.46. The first kappa shape index (κ1) is 12.3. The summed E-state index contributed by atoms with van der Waals surface area (Å²) in [6.07, 6.45) is 5.57. The summed E-state index contributed by atoms with van der Waals surface area (Å²) < 4.78 is 0. The van der Waals surface area contributed by atoms with Crippen LogP contribution < -0.4 is 0 Å². The van der Waals surface area contributed by atoms with Crippen molar-refractivity contribution in [1.29, 1.82) is 0 Å². The lowest BCUT2D eigenvalue weighted by atomic mass is 9.89. The highest BCUT2D eigenvalue weighted by Gasteiger charge is 2.15. The molecule has 2 N–H and O–H groups in total. The maximum absolute atomic E-state index is 3.60. The molecule has 1 heterocycles. The maximum atomic E-state index is 3.60. The van der Waals surface area contributed by atoms with Gasteiger partial charge in [-0.05, 0) is 42.2 Å². The van der Waals surface area contributed by atoms with Crippen molar-refractivity contribution in [2.24, 2.45) is 0 Å². The fraction of sp³-hybridized carbons (Fsp3) is 0.158. The molecule has 1 aliphatic rings. The van der Waals surface area contributed by atoms with Gasteiger partial charge < -0.3 is 9.97 Å². The molecule has 0 spiro atoms. The first-order valence-electron chi connectivity index (χ1n) is 7.46. The number of para-hydroxylation sites is 3. The van der Waals surface area contributed by atoms with Crippen LogP contribution in [0.4, 0.5) is 0 Å². The second kappa shape index (κ2) is 4.81. The highest BCUT2D eigenvalue weighted by Crippen LogP contribution is 2.33. The van der Waals surface area contributed by atoms with E-state index in [4.69, 9.17) is 0 Å². The van der Waals surface area contributed by atoms with Crippen molar-refractivity contribution in [2.75, 3.05) is 0 Å². The van der Waals surface area contributed by atoms with E-state index in [1.54, 1.807) is 0 Å². The Morgan fingerprint density at radius 3 is 2.33 bits per heavy atom. The van der Waals surface area contributed by atoms with Crippen molar-refractivity contribution in [3.63, 3.8) is 0 Å². The summed E-state index contributed by atoms with van der Waals surface area (Å²) in [4.78, 5) is 7.18. The average Bonchev–Trinajstić information content (AvgIpc) is 2.48. The number of aromatic amines is 2. The molecule has 2 nitrogen and oxygen atoms in total. The molecular weight excluding hydrogens is 256 g/mol. The van der Waals surface area contributed by atoms with Crippen LogP contribution in [0.5, 0.6) is 0 Å². The molecule has 3 aromatic rings. The van der Waals surface area contributed by atoms with Gasteiger partial charge in [-0.1, -0.05) is 43.3 Å². The van der Waals surface area contributed by atoms with E-state index in [-0.39, 0.29) is 0 Å². The quantitative estimate of drug-likeness (QED) is 0.558. The van der Waals surface area contributed by atoms with Crippen LogP contribution in [0.2, 0.25) is 0 Å². The molecule has 2 heteroatoms. The normalized spacial score (nSPS) is 16.9. The summed E-state index contributed by atoms with van der Waals surface area (Å²) in [6, 6.07) is 16.9. The molecule has 0 radical (unpaired) electrons. The summed E-state index contributed by atoms with van der Waals surface area (Å²) >= 11 is 0. The Hall–Kier alpha value is -2.48. The highest BCUT2D eigenvalue weighted by atomic mass is 14.8. The summed E-state index contributed by atoms with van der Waals surface area (Å²) in [6.45, 7) is 2.30. The van der Waals surface area contributed by atoms with E-state index in [0.29, 0.717) is 5.92 Å². The Morgan fingerprint density at radius 2 is 1.52 bits per heavy atom. The molecule has 1 aliphatic carbocycles. The van der Waals surface area contributed by atoms with Gasteiger partial charge in [0.15, 0.2) is 0 Å². The molecule has 0 aliphatic heterocycles. The molecular formula is C19H18N2. The summed E-state index contributed by atoms with van der Waals surface area (Å²) in [5.74, 6) is 0.519. The van der Waals surface area contributed by atoms with E-state index < -0.39 is 0 Å². The Kier molecular flexibility index (Phi) is 2.81. The first-order chi connectivity index (χ1) is 10.3. The van der Waals surface area contributed by atoms with E-state index in [2.05, 4.69) is 77.6 Å². The minimum absolute atomic E-state index is 0.519. The van der Waals surface area contributed by atoms with Crippen molar-refractivity contribution >= 4 is 28.0 Å². The molecule has 1 atom stereocenters. The van der Waals surface area contributed by atoms with Crippen LogP contribution in [-0.4, -0.2) is 9.97 Å². The van der Waals surface area contributed by atoms with Gasteiger partial charge in [-0.3, -0.25) is 0 Å². The molecule has 4 rings (SSSR count). The van der Waals surface area contributed by atoms with Crippen LogP contribution in [0, 0.1) is 0 Å². The molecule has 0 bridgehead atoms. The Balaban J connectivity index is 2.27. The Bertz CT molecular complexity index is 894. The molecule has 1 aromatic heterocycles. The Labute approximate surface area is 123 Å². The largest absolute Gasteiger partial charge is 0.354 e. The van der Waals surface area contributed by atoms with E-state index in [9.17, 15) is 0 Å². The van der Waals surface area contributed by atoms with Crippen molar-refractivity contribution in [2.45, 2.75) is 19.3 Å². The van der Waals surface area contributed by atoms with Gasteiger partial charge in [0.05, 0.1) is 11.0 Å². The monoisotopic (exact) mass is 274 g/mol. The molecule has 21 heavy (non-hydrogen) atoms. The molecule has 0 amide bonds. The second-order valence-corrected chi connectivity index (χ2v) is 5.71. The zero-order chi connectivity index (χ0) is 14.2. The van der Waals surface area contributed by atoms with Gasteiger partial charge in [-0.2, -0.15) is 0 Å². The maximum Gasteiger partial charge on any atom is 0.0623 e. The van der Waals surface area contributed by atoms with Crippen LogP contribution in [0.1, 0.15) is 30.5 Å². The topological polar surface area (TPSA) is 31.6 Å². The lowest BCUT2D eigenvalue weighted by molar-refractivity contribution is 0.774.